The van der Waals surface area contributed by atoms with Gasteiger partial charge < -0.3 is 4.74 Å². The van der Waals surface area contributed by atoms with Crippen molar-refractivity contribution >= 4 is 22.9 Å². The van der Waals surface area contributed by atoms with E-state index in [0.717, 1.165) is 41.7 Å². The molecule has 116 valence electrons. The molecule has 4 rings (SSSR count). The quantitative estimate of drug-likeness (QED) is 0.820. The Morgan fingerprint density at radius 3 is 3.14 bits per heavy atom. The number of hydrogen-bond acceptors (Lipinski definition) is 4. The maximum absolute atomic E-state index is 6.29. The zero-order chi connectivity index (χ0) is 15.2. The number of rotatable bonds is 2. The monoisotopic (exact) mass is 334 g/mol. The summed E-state index contributed by atoms with van der Waals surface area (Å²) in [5.74, 6) is 0.823. The van der Waals surface area contributed by atoms with Crippen LogP contribution in [0.2, 0.25) is 4.34 Å². The molecule has 3 nitrogen and oxygen atoms in total. The van der Waals surface area contributed by atoms with Gasteiger partial charge in [-0.1, -0.05) is 18.5 Å². The Balaban J connectivity index is 1.61. The molecule has 2 aliphatic heterocycles. The van der Waals surface area contributed by atoms with Gasteiger partial charge in [-0.05, 0) is 44.1 Å². The molecule has 0 aliphatic carbocycles. The van der Waals surface area contributed by atoms with Crippen LogP contribution in [-0.2, 0) is 6.42 Å². The summed E-state index contributed by atoms with van der Waals surface area (Å²) in [7, 11) is 0. The van der Waals surface area contributed by atoms with Gasteiger partial charge in [-0.2, -0.15) is 0 Å². The molecular formula is C17H19ClN2OS. The van der Waals surface area contributed by atoms with Crippen molar-refractivity contribution in [1.29, 1.82) is 0 Å². The number of hydrogen-bond donors (Lipinski definition) is 0. The first-order valence-corrected chi connectivity index (χ1v) is 9.03. The number of likely N-dealkylation sites (tertiary alicyclic amines) is 1. The third kappa shape index (κ3) is 2.53. The molecule has 5 heteroatoms. The van der Waals surface area contributed by atoms with Gasteiger partial charge in [0, 0.05) is 35.2 Å². The minimum atomic E-state index is -0.0602. The Kier molecular flexibility index (Phi) is 3.63. The average Bonchev–Trinajstić information content (AvgIpc) is 3.09. The van der Waals surface area contributed by atoms with E-state index in [1.807, 2.05) is 12.3 Å². The molecule has 2 aromatic heterocycles. The van der Waals surface area contributed by atoms with Gasteiger partial charge >= 0.3 is 0 Å². The number of nitrogens with zero attached hydrogens (tertiary/aromatic N) is 2. The Morgan fingerprint density at radius 1 is 1.45 bits per heavy atom. The first-order chi connectivity index (χ1) is 10.7. The molecule has 22 heavy (non-hydrogen) atoms. The highest BCUT2D eigenvalue weighted by molar-refractivity contribution is 7.19. The van der Waals surface area contributed by atoms with Gasteiger partial charge in [-0.25, -0.2) is 4.98 Å². The van der Waals surface area contributed by atoms with Gasteiger partial charge in [0.2, 0.25) is 5.88 Å². The molecule has 0 bridgehead atoms. The largest absolute Gasteiger partial charge is 0.469 e. The number of likely N-dealkylation sites (N-methyl/N-ethyl adjacent to an activating group) is 1. The van der Waals surface area contributed by atoms with Crippen molar-refractivity contribution in [3.63, 3.8) is 0 Å². The second kappa shape index (κ2) is 5.52. The maximum atomic E-state index is 6.29. The summed E-state index contributed by atoms with van der Waals surface area (Å²) in [6.45, 7) is 5.51. The SMILES string of the molecule is CCN1CCC[C@]2(Cc3cc(-c4ccc(Cl)s4)cnc3O2)C1. The Hall–Kier alpha value is -1.10. The molecule has 1 fully saturated rings. The lowest BCUT2D eigenvalue weighted by Crippen LogP contribution is -2.51. The molecule has 0 N–H and O–H groups in total. The first-order valence-electron chi connectivity index (χ1n) is 7.83. The van der Waals surface area contributed by atoms with E-state index in [0.29, 0.717) is 0 Å². The van der Waals surface area contributed by atoms with Crippen molar-refractivity contribution in [2.75, 3.05) is 19.6 Å². The average molecular weight is 335 g/mol. The maximum Gasteiger partial charge on any atom is 0.217 e. The van der Waals surface area contributed by atoms with E-state index >= 15 is 0 Å². The van der Waals surface area contributed by atoms with E-state index < -0.39 is 0 Å². The summed E-state index contributed by atoms with van der Waals surface area (Å²) in [6, 6.07) is 6.22. The number of aromatic nitrogens is 1. The van der Waals surface area contributed by atoms with Crippen molar-refractivity contribution in [1.82, 2.24) is 9.88 Å². The van der Waals surface area contributed by atoms with Crippen molar-refractivity contribution in [3.05, 3.63) is 34.3 Å². The van der Waals surface area contributed by atoms with Crippen LogP contribution in [0, 0.1) is 0 Å². The Morgan fingerprint density at radius 2 is 2.36 bits per heavy atom. The van der Waals surface area contributed by atoms with E-state index in [4.69, 9.17) is 16.3 Å². The number of ether oxygens (including phenoxy) is 1. The molecule has 1 atom stereocenters. The molecule has 0 radical (unpaired) electrons. The van der Waals surface area contributed by atoms with Gasteiger partial charge in [0.25, 0.3) is 0 Å². The van der Waals surface area contributed by atoms with E-state index in [2.05, 4.69) is 28.9 Å². The highest BCUT2D eigenvalue weighted by Crippen LogP contribution is 2.41. The third-order valence-corrected chi connectivity index (χ3v) is 5.95. The summed E-state index contributed by atoms with van der Waals surface area (Å²) in [4.78, 5) is 8.22. The van der Waals surface area contributed by atoms with Crippen LogP contribution in [0.25, 0.3) is 10.4 Å². The molecule has 0 unspecified atom stereocenters. The second-order valence-electron chi connectivity index (χ2n) is 6.23. The zero-order valence-electron chi connectivity index (χ0n) is 12.6. The summed E-state index contributed by atoms with van der Waals surface area (Å²) >= 11 is 7.64. The number of fused-ring (bicyclic) bond motifs is 1. The van der Waals surface area contributed by atoms with Crippen LogP contribution < -0.4 is 4.74 Å². The number of piperidine rings is 1. The fraction of sp³-hybridized carbons (Fsp3) is 0.471. The Bertz CT molecular complexity index is 702. The normalized spacial score (nSPS) is 24.5. The number of thiophene rings is 1. The molecule has 0 aromatic carbocycles. The molecular weight excluding hydrogens is 316 g/mol. The molecule has 2 aromatic rings. The topological polar surface area (TPSA) is 25.4 Å². The van der Waals surface area contributed by atoms with Crippen LogP contribution in [0.4, 0.5) is 0 Å². The third-order valence-electron chi connectivity index (χ3n) is 4.67. The van der Waals surface area contributed by atoms with Gasteiger partial charge in [0.05, 0.1) is 4.34 Å². The summed E-state index contributed by atoms with van der Waals surface area (Å²) in [5.41, 5.74) is 2.31. The van der Waals surface area contributed by atoms with E-state index in [1.54, 1.807) is 11.3 Å². The zero-order valence-corrected chi connectivity index (χ0v) is 14.2. The van der Waals surface area contributed by atoms with Crippen LogP contribution in [0.15, 0.2) is 24.4 Å². The van der Waals surface area contributed by atoms with Gasteiger partial charge in [0.15, 0.2) is 0 Å². The van der Waals surface area contributed by atoms with Crippen LogP contribution in [0.1, 0.15) is 25.3 Å². The molecule has 4 heterocycles. The molecule has 0 amide bonds. The smallest absolute Gasteiger partial charge is 0.217 e. The lowest BCUT2D eigenvalue weighted by atomic mass is 9.88. The fourth-order valence-electron chi connectivity index (χ4n) is 3.60. The molecule has 1 saturated heterocycles. The van der Waals surface area contributed by atoms with Crippen molar-refractivity contribution in [3.8, 4) is 16.3 Å². The minimum Gasteiger partial charge on any atom is -0.469 e. The summed E-state index contributed by atoms with van der Waals surface area (Å²) < 4.78 is 7.10. The lowest BCUT2D eigenvalue weighted by molar-refractivity contribution is 0.00781. The predicted octanol–water partition coefficient (Wildman–Crippen LogP) is 4.25. The molecule has 0 saturated carbocycles. The Labute approximate surface area is 139 Å². The number of halogens is 1. The van der Waals surface area contributed by atoms with Gasteiger partial charge in [-0.15, -0.1) is 11.3 Å². The second-order valence-corrected chi connectivity index (χ2v) is 7.94. The van der Waals surface area contributed by atoms with Crippen LogP contribution in [0.3, 0.4) is 0 Å². The lowest BCUT2D eigenvalue weighted by Gasteiger charge is -2.38. The number of pyridine rings is 1. The summed E-state index contributed by atoms with van der Waals surface area (Å²) in [6.07, 6.45) is 5.20. The van der Waals surface area contributed by atoms with Crippen LogP contribution in [0.5, 0.6) is 5.88 Å². The van der Waals surface area contributed by atoms with Crippen molar-refractivity contribution < 1.29 is 4.74 Å². The van der Waals surface area contributed by atoms with Crippen LogP contribution >= 0.6 is 22.9 Å². The van der Waals surface area contributed by atoms with Gasteiger partial charge in [0.1, 0.15) is 5.60 Å². The van der Waals surface area contributed by atoms with Gasteiger partial charge in [-0.3, -0.25) is 4.90 Å². The van der Waals surface area contributed by atoms with Crippen molar-refractivity contribution in [2.24, 2.45) is 0 Å². The minimum absolute atomic E-state index is 0.0602. The highest BCUT2D eigenvalue weighted by Gasteiger charge is 2.43. The summed E-state index contributed by atoms with van der Waals surface area (Å²) in [5, 5.41) is 0. The van der Waals surface area contributed by atoms with Crippen LogP contribution in [-0.4, -0.2) is 35.1 Å². The van der Waals surface area contributed by atoms with E-state index in [9.17, 15) is 0 Å². The fourth-order valence-corrected chi connectivity index (χ4v) is 4.62. The van der Waals surface area contributed by atoms with E-state index in [-0.39, 0.29) is 5.60 Å². The predicted molar refractivity (Wildman–Crippen MR) is 91.0 cm³/mol. The first kappa shape index (κ1) is 14.5. The standard InChI is InChI=1S/C17H19ClN2OS/c1-2-20-7-3-6-17(11-20)9-12-8-13(10-19-16(12)21-17)14-4-5-15(18)22-14/h4-5,8,10H,2-3,6-7,9,11H2,1H3/t17-/m0/s1. The van der Waals surface area contributed by atoms with E-state index in [1.165, 1.54) is 23.4 Å². The molecule has 1 spiro atoms. The van der Waals surface area contributed by atoms with Crippen molar-refractivity contribution in [2.45, 2.75) is 31.8 Å². The molecule has 2 aliphatic rings. The highest BCUT2D eigenvalue weighted by atomic mass is 35.5.